The molecule has 0 spiro atoms. The van der Waals surface area contributed by atoms with E-state index in [0.29, 0.717) is 25.5 Å². The molecule has 0 fully saturated rings. The van der Waals surface area contributed by atoms with Crippen molar-refractivity contribution in [3.8, 4) is 5.69 Å². The zero-order valence-electron chi connectivity index (χ0n) is 16.0. The Kier molecular flexibility index (Phi) is 6.76. The predicted octanol–water partition coefficient (Wildman–Crippen LogP) is 3.16. The van der Waals surface area contributed by atoms with Gasteiger partial charge in [-0.2, -0.15) is 5.10 Å². The number of hydrogen-bond acceptors (Lipinski definition) is 3. The maximum atomic E-state index is 12.8. The molecule has 2 aromatic rings. The van der Waals surface area contributed by atoms with Crippen LogP contribution in [-0.2, 0) is 16.0 Å². The van der Waals surface area contributed by atoms with E-state index in [2.05, 4.69) is 18.9 Å². The predicted molar refractivity (Wildman–Crippen MR) is 100 cm³/mol. The topological polar surface area (TPSA) is 47.4 Å². The van der Waals surface area contributed by atoms with Crippen LogP contribution in [0.4, 0.5) is 0 Å². The number of hydrogen-bond donors (Lipinski definition) is 0. The standard InChI is InChI=1S/C20H29N3O2/c1-15(2)14-22(11-12-25-5)20(24)13-19-16(3)21-23(17(19)4)18-9-7-6-8-10-18/h6-10,15H,11-14H2,1-5H3. The lowest BCUT2D eigenvalue weighted by atomic mass is 10.1. The highest BCUT2D eigenvalue weighted by Crippen LogP contribution is 2.19. The van der Waals surface area contributed by atoms with Crippen molar-refractivity contribution in [2.24, 2.45) is 5.92 Å². The molecule has 0 bridgehead atoms. The normalized spacial score (nSPS) is 11.1. The van der Waals surface area contributed by atoms with Crippen LogP contribution in [0, 0.1) is 19.8 Å². The van der Waals surface area contributed by atoms with Gasteiger partial charge in [0, 0.05) is 31.5 Å². The van der Waals surface area contributed by atoms with Gasteiger partial charge in [-0.3, -0.25) is 4.79 Å². The molecule has 0 saturated carbocycles. The number of ether oxygens (including phenoxy) is 1. The largest absolute Gasteiger partial charge is 0.383 e. The molecule has 25 heavy (non-hydrogen) atoms. The minimum Gasteiger partial charge on any atom is -0.383 e. The van der Waals surface area contributed by atoms with Gasteiger partial charge in [-0.1, -0.05) is 32.0 Å². The summed E-state index contributed by atoms with van der Waals surface area (Å²) in [5.74, 6) is 0.555. The van der Waals surface area contributed by atoms with E-state index >= 15 is 0 Å². The molecule has 0 aliphatic heterocycles. The number of carbonyl (C=O) groups excluding carboxylic acids is 1. The van der Waals surface area contributed by atoms with Crippen molar-refractivity contribution in [1.29, 1.82) is 0 Å². The highest BCUT2D eigenvalue weighted by atomic mass is 16.5. The van der Waals surface area contributed by atoms with Crippen molar-refractivity contribution in [2.75, 3.05) is 26.8 Å². The lowest BCUT2D eigenvalue weighted by molar-refractivity contribution is -0.131. The summed E-state index contributed by atoms with van der Waals surface area (Å²) >= 11 is 0. The van der Waals surface area contributed by atoms with Gasteiger partial charge in [-0.15, -0.1) is 0 Å². The summed E-state index contributed by atoms with van der Waals surface area (Å²) in [7, 11) is 1.66. The summed E-state index contributed by atoms with van der Waals surface area (Å²) in [6, 6.07) is 10.0. The third-order valence-electron chi connectivity index (χ3n) is 4.27. The number of carbonyl (C=O) groups is 1. The first-order valence-corrected chi connectivity index (χ1v) is 8.81. The van der Waals surface area contributed by atoms with Gasteiger partial charge in [0.2, 0.25) is 5.91 Å². The van der Waals surface area contributed by atoms with Crippen molar-refractivity contribution < 1.29 is 9.53 Å². The van der Waals surface area contributed by atoms with Crippen LogP contribution in [0.1, 0.15) is 30.8 Å². The van der Waals surface area contributed by atoms with E-state index in [0.717, 1.165) is 29.2 Å². The molecular formula is C20H29N3O2. The van der Waals surface area contributed by atoms with E-state index in [1.807, 2.05) is 53.8 Å². The number of benzene rings is 1. The number of aromatic nitrogens is 2. The van der Waals surface area contributed by atoms with E-state index in [4.69, 9.17) is 4.74 Å². The van der Waals surface area contributed by atoms with Gasteiger partial charge in [0.25, 0.3) is 0 Å². The van der Waals surface area contributed by atoms with E-state index in [9.17, 15) is 4.79 Å². The summed E-state index contributed by atoms with van der Waals surface area (Å²) in [5, 5.41) is 4.64. The molecule has 136 valence electrons. The first-order chi connectivity index (χ1) is 11.9. The molecule has 2 rings (SSSR count). The van der Waals surface area contributed by atoms with Crippen LogP contribution in [0.25, 0.3) is 5.69 Å². The second-order valence-corrected chi connectivity index (χ2v) is 6.80. The maximum Gasteiger partial charge on any atom is 0.227 e. The molecule has 1 heterocycles. The summed E-state index contributed by atoms with van der Waals surface area (Å²) in [6.45, 7) is 10.2. The third kappa shape index (κ3) is 4.92. The van der Waals surface area contributed by atoms with Crippen LogP contribution in [0.15, 0.2) is 30.3 Å². The molecule has 5 nitrogen and oxygen atoms in total. The molecule has 1 aromatic carbocycles. The van der Waals surface area contributed by atoms with Crippen molar-refractivity contribution in [3.05, 3.63) is 47.3 Å². The molecule has 0 saturated heterocycles. The lowest BCUT2D eigenvalue weighted by Gasteiger charge is -2.24. The van der Waals surface area contributed by atoms with Gasteiger partial charge < -0.3 is 9.64 Å². The highest BCUT2D eigenvalue weighted by molar-refractivity contribution is 5.79. The smallest absolute Gasteiger partial charge is 0.227 e. The van der Waals surface area contributed by atoms with Crippen molar-refractivity contribution in [3.63, 3.8) is 0 Å². The fraction of sp³-hybridized carbons (Fsp3) is 0.500. The van der Waals surface area contributed by atoms with E-state index in [-0.39, 0.29) is 5.91 Å². The number of aryl methyl sites for hydroxylation is 1. The fourth-order valence-electron chi connectivity index (χ4n) is 2.97. The van der Waals surface area contributed by atoms with Crippen LogP contribution in [0.3, 0.4) is 0 Å². The molecule has 5 heteroatoms. The summed E-state index contributed by atoms with van der Waals surface area (Å²) in [5.41, 5.74) is 3.96. The first-order valence-electron chi connectivity index (χ1n) is 8.81. The summed E-state index contributed by atoms with van der Waals surface area (Å²) < 4.78 is 7.07. The Morgan fingerprint density at radius 2 is 1.92 bits per heavy atom. The molecule has 0 aliphatic carbocycles. The molecule has 0 N–H and O–H groups in total. The van der Waals surface area contributed by atoms with Gasteiger partial charge in [0.15, 0.2) is 0 Å². The van der Waals surface area contributed by atoms with Crippen LogP contribution in [0.2, 0.25) is 0 Å². The quantitative estimate of drug-likeness (QED) is 0.740. The number of para-hydroxylation sites is 1. The second kappa shape index (κ2) is 8.81. The van der Waals surface area contributed by atoms with Gasteiger partial charge >= 0.3 is 0 Å². The maximum absolute atomic E-state index is 12.8. The summed E-state index contributed by atoms with van der Waals surface area (Å²) in [6.07, 6.45) is 0.376. The molecule has 0 atom stereocenters. The van der Waals surface area contributed by atoms with Gasteiger partial charge in [0.1, 0.15) is 0 Å². The average Bonchev–Trinajstić information content (AvgIpc) is 2.87. The van der Waals surface area contributed by atoms with Crippen molar-refractivity contribution >= 4 is 5.91 Å². The van der Waals surface area contributed by atoms with Crippen molar-refractivity contribution in [1.82, 2.24) is 14.7 Å². The van der Waals surface area contributed by atoms with E-state index in [1.54, 1.807) is 7.11 Å². The third-order valence-corrected chi connectivity index (χ3v) is 4.27. The Hall–Kier alpha value is -2.14. The zero-order chi connectivity index (χ0) is 18.4. The first kappa shape index (κ1) is 19.2. The van der Waals surface area contributed by atoms with E-state index in [1.165, 1.54) is 0 Å². The van der Waals surface area contributed by atoms with Crippen LogP contribution in [0.5, 0.6) is 0 Å². The monoisotopic (exact) mass is 343 g/mol. The second-order valence-electron chi connectivity index (χ2n) is 6.80. The number of rotatable bonds is 8. The van der Waals surface area contributed by atoms with Gasteiger partial charge in [-0.25, -0.2) is 4.68 Å². The Morgan fingerprint density at radius 3 is 2.52 bits per heavy atom. The number of nitrogens with zero attached hydrogens (tertiary/aromatic N) is 3. The molecule has 1 aromatic heterocycles. The lowest BCUT2D eigenvalue weighted by Crippen LogP contribution is -2.37. The average molecular weight is 343 g/mol. The Morgan fingerprint density at radius 1 is 1.24 bits per heavy atom. The Bertz CT molecular complexity index is 692. The number of methoxy groups -OCH3 is 1. The molecule has 0 aliphatic rings. The Balaban J connectivity index is 2.21. The highest BCUT2D eigenvalue weighted by Gasteiger charge is 2.20. The fourth-order valence-corrected chi connectivity index (χ4v) is 2.97. The SMILES string of the molecule is COCCN(CC(C)C)C(=O)Cc1c(C)nn(-c2ccccc2)c1C. The summed E-state index contributed by atoms with van der Waals surface area (Å²) in [4.78, 5) is 14.7. The minimum atomic E-state index is 0.129. The minimum absolute atomic E-state index is 0.129. The molecule has 1 amide bonds. The number of amides is 1. The Labute approximate surface area is 150 Å². The van der Waals surface area contributed by atoms with Crippen molar-refractivity contribution in [2.45, 2.75) is 34.1 Å². The molecule has 0 radical (unpaired) electrons. The molecular weight excluding hydrogens is 314 g/mol. The van der Waals surface area contributed by atoms with Crippen LogP contribution >= 0.6 is 0 Å². The molecule has 0 unspecified atom stereocenters. The van der Waals surface area contributed by atoms with Gasteiger partial charge in [0.05, 0.1) is 24.4 Å². The van der Waals surface area contributed by atoms with E-state index < -0.39 is 0 Å². The van der Waals surface area contributed by atoms with Gasteiger partial charge in [-0.05, 0) is 31.9 Å². The van der Waals surface area contributed by atoms with Crippen LogP contribution < -0.4 is 0 Å². The zero-order valence-corrected chi connectivity index (χ0v) is 16.0. The van der Waals surface area contributed by atoms with Crippen LogP contribution in [-0.4, -0.2) is 47.4 Å².